The Kier molecular flexibility index (Phi) is 4.44. The zero-order valence-corrected chi connectivity index (χ0v) is 13.7. The van der Waals surface area contributed by atoms with Crippen LogP contribution in [0.1, 0.15) is 42.3 Å². The first-order valence-corrected chi connectivity index (χ1v) is 7.54. The highest BCUT2D eigenvalue weighted by molar-refractivity contribution is 9.10. The maximum absolute atomic E-state index is 12.3. The number of benzene rings is 2. The zero-order valence-electron chi connectivity index (χ0n) is 12.1. The van der Waals surface area contributed by atoms with E-state index in [9.17, 15) is 4.79 Å². The summed E-state index contributed by atoms with van der Waals surface area (Å²) < 4.78 is 0.858. The molecule has 0 aromatic heterocycles. The molecule has 2 aromatic carbocycles. The first kappa shape index (κ1) is 15.0. The van der Waals surface area contributed by atoms with E-state index in [2.05, 4.69) is 61.0 Å². The van der Waals surface area contributed by atoms with Gasteiger partial charge in [0.25, 0.3) is 0 Å². The minimum atomic E-state index is 0.140. The van der Waals surface area contributed by atoms with E-state index in [0.717, 1.165) is 15.6 Å². The first-order chi connectivity index (χ1) is 9.38. The maximum atomic E-state index is 12.3. The van der Waals surface area contributed by atoms with Crippen LogP contribution in [0.15, 0.2) is 53.0 Å². The van der Waals surface area contributed by atoms with E-state index in [1.54, 1.807) is 0 Å². The summed E-state index contributed by atoms with van der Waals surface area (Å²) in [5.74, 6) is 0.140. The molecule has 0 saturated heterocycles. The molecule has 0 radical (unpaired) electrons. The van der Waals surface area contributed by atoms with E-state index < -0.39 is 0 Å². The lowest BCUT2D eigenvalue weighted by Gasteiger charge is -2.19. The lowest BCUT2D eigenvalue weighted by Crippen LogP contribution is -2.11. The average Bonchev–Trinajstić information content (AvgIpc) is 2.38. The lowest BCUT2D eigenvalue weighted by molar-refractivity contribution is 0.0992. The Bertz CT molecular complexity index is 606. The van der Waals surface area contributed by atoms with Gasteiger partial charge in [0.2, 0.25) is 0 Å². The normalized spacial score (nSPS) is 11.4. The fourth-order valence-electron chi connectivity index (χ4n) is 2.09. The van der Waals surface area contributed by atoms with Gasteiger partial charge in [-0.3, -0.25) is 4.79 Å². The van der Waals surface area contributed by atoms with Crippen LogP contribution in [0.4, 0.5) is 0 Å². The molecule has 2 aromatic rings. The van der Waals surface area contributed by atoms with Crippen molar-refractivity contribution in [2.24, 2.45) is 0 Å². The predicted molar refractivity (Wildman–Crippen MR) is 87.3 cm³/mol. The van der Waals surface area contributed by atoms with Gasteiger partial charge >= 0.3 is 0 Å². The van der Waals surface area contributed by atoms with Crippen molar-refractivity contribution in [1.29, 1.82) is 0 Å². The van der Waals surface area contributed by atoms with Crippen molar-refractivity contribution in [1.82, 2.24) is 0 Å². The molecule has 0 saturated carbocycles. The van der Waals surface area contributed by atoms with Crippen LogP contribution in [0, 0.1) is 0 Å². The Morgan fingerprint density at radius 1 is 1.00 bits per heavy atom. The number of rotatable bonds is 3. The molecule has 2 heteroatoms. The van der Waals surface area contributed by atoms with Crippen molar-refractivity contribution in [2.75, 3.05) is 0 Å². The van der Waals surface area contributed by atoms with Crippen molar-refractivity contribution < 1.29 is 4.79 Å². The number of hydrogen-bond donors (Lipinski definition) is 0. The summed E-state index contributed by atoms with van der Waals surface area (Å²) in [6.45, 7) is 6.57. The van der Waals surface area contributed by atoms with E-state index in [4.69, 9.17) is 0 Å². The second kappa shape index (κ2) is 5.92. The molecule has 0 unspecified atom stereocenters. The Morgan fingerprint density at radius 2 is 1.60 bits per heavy atom. The molecule has 0 atom stereocenters. The monoisotopic (exact) mass is 330 g/mol. The van der Waals surface area contributed by atoms with Gasteiger partial charge in [-0.25, -0.2) is 0 Å². The van der Waals surface area contributed by atoms with Gasteiger partial charge in [0.1, 0.15) is 0 Å². The highest BCUT2D eigenvalue weighted by Gasteiger charge is 2.14. The SMILES string of the molecule is CC(C)(C)c1ccc(CC(=O)c2ccccc2Br)cc1. The molecule has 0 amide bonds. The molecule has 0 aliphatic carbocycles. The summed E-state index contributed by atoms with van der Waals surface area (Å²) in [7, 11) is 0. The topological polar surface area (TPSA) is 17.1 Å². The van der Waals surface area contributed by atoms with Crippen molar-refractivity contribution in [3.63, 3.8) is 0 Å². The van der Waals surface area contributed by atoms with Crippen molar-refractivity contribution in [3.8, 4) is 0 Å². The van der Waals surface area contributed by atoms with Gasteiger partial charge in [0.15, 0.2) is 5.78 Å². The molecule has 0 heterocycles. The van der Waals surface area contributed by atoms with Crippen molar-refractivity contribution >= 4 is 21.7 Å². The van der Waals surface area contributed by atoms with Crippen LogP contribution in [0.3, 0.4) is 0 Å². The molecule has 20 heavy (non-hydrogen) atoms. The third-order valence-electron chi connectivity index (χ3n) is 3.36. The summed E-state index contributed by atoms with van der Waals surface area (Å²) in [4.78, 5) is 12.3. The van der Waals surface area contributed by atoms with E-state index in [0.29, 0.717) is 6.42 Å². The van der Waals surface area contributed by atoms with E-state index in [1.165, 1.54) is 5.56 Å². The summed E-state index contributed by atoms with van der Waals surface area (Å²) in [6.07, 6.45) is 0.438. The van der Waals surface area contributed by atoms with Crippen LogP contribution >= 0.6 is 15.9 Å². The fourth-order valence-corrected chi connectivity index (χ4v) is 2.60. The van der Waals surface area contributed by atoms with Gasteiger partial charge in [-0.2, -0.15) is 0 Å². The molecule has 0 aliphatic rings. The van der Waals surface area contributed by atoms with Crippen molar-refractivity contribution in [3.05, 3.63) is 69.7 Å². The van der Waals surface area contributed by atoms with Gasteiger partial charge in [-0.1, -0.05) is 79.2 Å². The van der Waals surface area contributed by atoms with Gasteiger partial charge in [-0.15, -0.1) is 0 Å². The third kappa shape index (κ3) is 3.57. The van der Waals surface area contributed by atoms with E-state index in [1.807, 2.05) is 24.3 Å². The number of ketones is 1. The minimum absolute atomic E-state index is 0.140. The summed E-state index contributed by atoms with van der Waals surface area (Å²) in [6, 6.07) is 15.9. The highest BCUT2D eigenvalue weighted by atomic mass is 79.9. The quantitative estimate of drug-likeness (QED) is 0.709. The molecule has 0 fully saturated rings. The molecule has 0 N–H and O–H groups in total. The largest absolute Gasteiger partial charge is 0.294 e. The fraction of sp³-hybridized carbons (Fsp3) is 0.278. The average molecular weight is 331 g/mol. The van der Waals surface area contributed by atoms with Gasteiger partial charge in [0, 0.05) is 16.5 Å². The van der Waals surface area contributed by atoms with Crippen LogP contribution in [-0.4, -0.2) is 5.78 Å². The highest BCUT2D eigenvalue weighted by Crippen LogP contribution is 2.23. The third-order valence-corrected chi connectivity index (χ3v) is 4.05. The van der Waals surface area contributed by atoms with Gasteiger partial charge in [-0.05, 0) is 22.6 Å². The van der Waals surface area contributed by atoms with Crippen LogP contribution in [0.5, 0.6) is 0 Å². The Morgan fingerprint density at radius 3 is 2.15 bits per heavy atom. The number of carbonyl (C=O) groups is 1. The Labute approximate surface area is 129 Å². The molecule has 0 aliphatic heterocycles. The second-order valence-corrected chi connectivity index (χ2v) is 6.88. The molecule has 1 nitrogen and oxygen atoms in total. The Balaban J connectivity index is 2.15. The van der Waals surface area contributed by atoms with Crippen molar-refractivity contribution in [2.45, 2.75) is 32.6 Å². The molecule has 0 spiro atoms. The number of hydrogen-bond acceptors (Lipinski definition) is 1. The standard InChI is InChI=1S/C18H19BrO/c1-18(2,3)14-10-8-13(9-11-14)12-17(20)15-6-4-5-7-16(15)19/h4-11H,12H2,1-3H3. The van der Waals surface area contributed by atoms with E-state index in [-0.39, 0.29) is 11.2 Å². The lowest BCUT2D eigenvalue weighted by atomic mass is 9.86. The summed E-state index contributed by atoms with van der Waals surface area (Å²) in [5, 5.41) is 0. The Hall–Kier alpha value is -1.41. The van der Waals surface area contributed by atoms with Gasteiger partial charge < -0.3 is 0 Å². The van der Waals surface area contributed by atoms with Crippen LogP contribution in [0.2, 0.25) is 0 Å². The molecular formula is C18H19BrO. The smallest absolute Gasteiger partial charge is 0.168 e. The zero-order chi connectivity index (χ0) is 14.8. The first-order valence-electron chi connectivity index (χ1n) is 6.75. The van der Waals surface area contributed by atoms with E-state index >= 15 is 0 Å². The predicted octanol–water partition coefficient (Wildman–Crippen LogP) is 5.17. The number of halogens is 1. The molecule has 0 bridgehead atoms. The molecule has 2 rings (SSSR count). The van der Waals surface area contributed by atoms with Crippen LogP contribution < -0.4 is 0 Å². The van der Waals surface area contributed by atoms with Crippen LogP contribution in [-0.2, 0) is 11.8 Å². The number of carbonyl (C=O) groups excluding carboxylic acids is 1. The minimum Gasteiger partial charge on any atom is -0.294 e. The summed E-state index contributed by atoms with van der Waals surface area (Å²) in [5.41, 5.74) is 3.23. The molecule has 104 valence electrons. The molecular weight excluding hydrogens is 312 g/mol. The van der Waals surface area contributed by atoms with Gasteiger partial charge in [0.05, 0.1) is 0 Å². The maximum Gasteiger partial charge on any atom is 0.168 e. The number of Topliss-reactive ketones (excluding diaryl/α,β-unsaturated/α-hetero) is 1. The van der Waals surface area contributed by atoms with Crippen LogP contribution in [0.25, 0.3) is 0 Å². The second-order valence-electron chi connectivity index (χ2n) is 6.03. The summed E-state index contributed by atoms with van der Waals surface area (Å²) >= 11 is 3.43.